The van der Waals surface area contributed by atoms with Gasteiger partial charge < -0.3 is 4.98 Å². The van der Waals surface area contributed by atoms with Gasteiger partial charge in [-0.15, -0.1) is 11.3 Å². The van der Waals surface area contributed by atoms with Crippen molar-refractivity contribution in [1.29, 1.82) is 5.26 Å². The van der Waals surface area contributed by atoms with Crippen molar-refractivity contribution >= 4 is 33.2 Å². The average molecular weight is 375 g/mol. The van der Waals surface area contributed by atoms with E-state index in [4.69, 9.17) is 0 Å². The Kier molecular flexibility index (Phi) is 4.67. The number of allylic oxidation sites excluding steroid dienone is 1. The number of nitriles is 1. The molecule has 2 heterocycles. The van der Waals surface area contributed by atoms with Gasteiger partial charge in [-0.1, -0.05) is 38.1 Å². The van der Waals surface area contributed by atoms with Gasteiger partial charge in [0.15, 0.2) is 5.82 Å². The predicted octanol–water partition coefficient (Wildman–Crippen LogP) is 4.74. The van der Waals surface area contributed by atoms with E-state index in [9.17, 15) is 10.1 Å². The quantitative estimate of drug-likeness (QED) is 0.673. The van der Waals surface area contributed by atoms with Crippen LogP contribution in [0.25, 0.3) is 21.9 Å². The van der Waals surface area contributed by atoms with Crippen molar-refractivity contribution < 1.29 is 0 Å². The second-order valence-electron chi connectivity index (χ2n) is 7.21. The van der Waals surface area contributed by atoms with Crippen LogP contribution < -0.4 is 5.56 Å². The van der Waals surface area contributed by atoms with Crippen molar-refractivity contribution in [3.05, 3.63) is 62.0 Å². The van der Waals surface area contributed by atoms with E-state index in [-0.39, 0.29) is 5.56 Å². The van der Waals surface area contributed by atoms with Crippen molar-refractivity contribution in [3.8, 4) is 6.07 Å². The number of thiophene rings is 1. The highest BCUT2D eigenvalue weighted by atomic mass is 32.1. The summed E-state index contributed by atoms with van der Waals surface area (Å²) in [4.78, 5) is 22.2. The highest BCUT2D eigenvalue weighted by molar-refractivity contribution is 7.18. The van der Waals surface area contributed by atoms with Crippen LogP contribution in [0.15, 0.2) is 29.1 Å². The minimum absolute atomic E-state index is 0.135. The highest BCUT2D eigenvalue weighted by Gasteiger charge is 2.23. The van der Waals surface area contributed by atoms with Crippen LogP contribution >= 0.6 is 11.3 Å². The Morgan fingerprint density at radius 1 is 1.41 bits per heavy atom. The lowest BCUT2D eigenvalue weighted by molar-refractivity contribution is 0.509. The Morgan fingerprint density at radius 2 is 2.19 bits per heavy atom. The lowest BCUT2D eigenvalue weighted by Crippen LogP contribution is -2.14. The topological polar surface area (TPSA) is 69.5 Å². The predicted molar refractivity (Wildman–Crippen MR) is 111 cm³/mol. The molecule has 136 valence electrons. The maximum atomic E-state index is 12.7. The fourth-order valence-electron chi connectivity index (χ4n) is 3.65. The number of hydrogen-bond donors (Lipinski definition) is 1. The van der Waals surface area contributed by atoms with Crippen LogP contribution in [0, 0.1) is 17.2 Å². The number of aromatic nitrogens is 2. The van der Waals surface area contributed by atoms with Crippen LogP contribution in [0.2, 0.25) is 0 Å². The molecule has 27 heavy (non-hydrogen) atoms. The van der Waals surface area contributed by atoms with Gasteiger partial charge in [-0.25, -0.2) is 4.98 Å². The van der Waals surface area contributed by atoms with Crippen molar-refractivity contribution in [2.45, 2.75) is 39.5 Å². The highest BCUT2D eigenvalue weighted by Crippen LogP contribution is 2.35. The van der Waals surface area contributed by atoms with E-state index in [2.05, 4.69) is 42.0 Å². The first kappa shape index (κ1) is 17.7. The SMILES string of the molecule is CCc1ccc(/C=C(\C#N)c2nc3sc4c(c3c(=O)[nH]2)CC[C@@H](C)C4)cc1. The number of fused-ring (bicyclic) bond motifs is 3. The molecular formula is C22H21N3OS. The van der Waals surface area contributed by atoms with E-state index in [0.29, 0.717) is 17.3 Å². The fraction of sp³-hybridized carbons (Fsp3) is 0.318. The molecule has 0 saturated carbocycles. The van der Waals surface area contributed by atoms with E-state index < -0.39 is 0 Å². The number of hydrogen-bond acceptors (Lipinski definition) is 4. The molecule has 4 rings (SSSR count). The molecule has 1 aliphatic rings. The standard InChI is InChI=1S/C22H21N3OS/c1-3-14-5-7-15(8-6-14)11-16(12-23)20-24-21(26)19-17-9-4-13(2)10-18(17)27-22(19)25-20/h5-8,11,13H,3-4,9-10H2,1-2H3,(H,24,25,26)/b16-11+/t13-/m1/s1. The third kappa shape index (κ3) is 3.33. The van der Waals surface area contributed by atoms with E-state index in [1.165, 1.54) is 10.4 Å². The Balaban J connectivity index is 1.79. The molecule has 4 nitrogen and oxygen atoms in total. The normalized spacial score (nSPS) is 16.9. The summed E-state index contributed by atoms with van der Waals surface area (Å²) in [5.41, 5.74) is 3.57. The van der Waals surface area contributed by atoms with Crippen LogP contribution in [-0.4, -0.2) is 9.97 Å². The molecule has 0 unspecified atom stereocenters. The summed E-state index contributed by atoms with van der Waals surface area (Å²) in [5, 5.41) is 10.3. The third-order valence-corrected chi connectivity index (χ3v) is 6.39. The van der Waals surface area contributed by atoms with Gasteiger partial charge in [-0.3, -0.25) is 4.79 Å². The minimum atomic E-state index is -0.135. The molecule has 0 radical (unpaired) electrons. The van der Waals surface area contributed by atoms with Gasteiger partial charge in [-0.05, 0) is 54.4 Å². The van der Waals surface area contributed by atoms with Gasteiger partial charge in [0.25, 0.3) is 5.56 Å². The molecule has 0 aliphatic heterocycles. The fourth-order valence-corrected chi connectivity index (χ4v) is 5.03. The smallest absolute Gasteiger partial charge is 0.260 e. The zero-order valence-electron chi connectivity index (χ0n) is 15.5. The first-order chi connectivity index (χ1) is 13.1. The van der Waals surface area contributed by atoms with E-state index in [1.807, 2.05) is 12.1 Å². The Labute approximate surface area is 162 Å². The van der Waals surface area contributed by atoms with Gasteiger partial charge in [0.2, 0.25) is 0 Å². The molecule has 0 bridgehead atoms. The van der Waals surface area contributed by atoms with Gasteiger partial charge >= 0.3 is 0 Å². The summed E-state index contributed by atoms with van der Waals surface area (Å²) in [6.45, 7) is 4.35. The lowest BCUT2D eigenvalue weighted by atomic mass is 9.89. The molecule has 1 aromatic carbocycles. The van der Waals surface area contributed by atoms with Crippen molar-refractivity contribution in [2.75, 3.05) is 0 Å². The van der Waals surface area contributed by atoms with Gasteiger partial charge in [0.05, 0.1) is 11.0 Å². The zero-order chi connectivity index (χ0) is 19.0. The number of rotatable bonds is 3. The second kappa shape index (κ2) is 7.13. The van der Waals surface area contributed by atoms with Crippen molar-refractivity contribution in [1.82, 2.24) is 9.97 Å². The summed E-state index contributed by atoms with van der Waals surface area (Å²) in [5.74, 6) is 0.992. The summed E-state index contributed by atoms with van der Waals surface area (Å²) in [6.07, 6.45) is 5.81. The number of H-pyrrole nitrogens is 1. The molecule has 1 aliphatic carbocycles. The molecule has 0 amide bonds. The number of benzene rings is 1. The van der Waals surface area contributed by atoms with E-state index in [0.717, 1.165) is 47.0 Å². The number of nitrogens with one attached hydrogen (secondary N) is 1. The van der Waals surface area contributed by atoms with Gasteiger partial charge in [0.1, 0.15) is 10.9 Å². The summed E-state index contributed by atoms with van der Waals surface area (Å²) in [6, 6.07) is 10.3. The van der Waals surface area contributed by atoms with Crippen LogP contribution in [0.4, 0.5) is 0 Å². The molecular weight excluding hydrogens is 354 g/mol. The summed E-state index contributed by atoms with van der Waals surface area (Å²) in [7, 11) is 0. The van der Waals surface area contributed by atoms with Crippen LogP contribution in [0.1, 0.15) is 47.7 Å². The third-order valence-electron chi connectivity index (χ3n) is 5.24. The minimum Gasteiger partial charge on any atom is -0.305 e. The molecule has 0 saturated heterocycles. The monoisotopic (exact) mass is 375 g/mol. The maximum absolute atomic E-state index is 12.7. The Hall–Kier alpha value is -2.71. The molecule has 2 aromatic heterocycles. The molecule has 3 aromatic rings. The van der Waals surface area contributed by atoms with Crippen LogP contribution in [0.5, 0.6) is 0 Å². The number of nitrogens with zero attached hydrogens (tertiary/aromatic N) is 2. The Morgan fingerprint density at radius 3 is 2.89 bits per heavy atom. The molecule has 5 heteroatoms. The van der Waals surface area contributed by atoms with Crippen molar-refractivity contribution in [2.24, 2.45) is 5.92 Å². The van der Waals surface area contributed by atoms with E-state index in [1.54, 1.807) is 17.4 Å². The first-order valence-electron chi connectivity index (χ1n) is 9.34. The molecule has 1 atom stereocenters. The maximum Gasteiger partial charge on any atom is 0.260 e. The summed E-state index contributed by atoms with van der Waals surface area (Å²) >= 11 is 1.60. The lowest BCUT2D eigenvalue weighted by Gasteiger charge is -2.17. The van der Waals surface area contributed by atoms with E-state index >= 15 is 0 Å². The second-order valence-corrected chi connectivity index (χ2v) is 8.30. The van der Waals surface area contributed by atoms with Crippen LogP contribution in [0.3, 0.4) is 0 Å². The zero-order valence-corrected chi connectivity index (χ0v) is 16.3. The molecule has 1 N–H and O–H groups in total. The Bertz CT molecular complexity index is 1130. The van der Waals surface area contributed by atoms with Gasteiger partial charge in [0, 0.05) is 4.88 Å². The first-order valence-corrected chi connectivity index (χ1v) is 10.2. The van der Waals surface area contributed by atoms with Crippen LogP contribution in [-0.2, 0) is 19.3 Å². The summed E-state index contributed by atoms with van der Waals surface area (Å²) < 4.78 is 0. The molecule has 0 fully saturated rings. The van der Waals surface area contributed by atoms with Crippen molar-refractivity contribution in [3.63, 3.8) is 0 Å². The number of aryl methyl sites for hydroxylation is 2. The average Bonchev–Trinajstić information content (AvgIpc) is 3.04. The largest absolute Gasteiger partial charge is 0.305 e. The molecule has 0 spiro atoms. The number of aromatic amines is 1. The van der Waals surface area contributed by atoms with Gasteiger partial charge in [-0.2, -0.15) is 5.26 Å².